The van der Waals surface area contributed by atoms with Crippen LogP contribution in [0, 0.1) is 18.3 Å². The van der Waals surface area contributed by atoms with Gasteiger partial charge in [-0.1, -0.05) is 13.3 Å². The molecule has 0 unspecified atom stereocenters. The number of hydrogen-bond acceptors (Lipinski definition) is 4. The van der Waals surface area contributed by atoms with Crippen molar-refractivity contribution in [3.63, 3.8) is 0 Å². The van der Waals surface area contributed by atoms with E-state index in [1.54, 1.807) is 6.92 Å². The molecule has 3 N–H and O–H groups in total. The summed E-state index contributed by atoms with van der Waals surface area (Å²) >= 11 is 0. The first-order valence-corrected chi connectivity index (χ1v) is 5.16. The maximum atomic E-state index is 11.8. The van der Waals surface area contributed by atoms with E-state index in [4.69, 9.17) is 11.0 Å². The highest BCUT2D eigenvalue weighted by Crippen LogP contribution is 2.21. The van der Waals surface area contributed by atoms with E-state index < -0.39 is 5.56 Å². The predicted octanol–water partition coefficient (Wildman–Crippen LogP) is 1.12. The molecule has 1 aromatic rings. The summed E-state index contributed by atoms with van der Waals surface area (Å²) in [6, 6.07) is 1.86. The third-order valence-electron chi connectivity index (χ3n) is 2.58. The van der Waals surface area contributed by atoms with Crippen LogP contribution >= 0.6 is 0 Å². The minimum atomic E-state index is -0.428. The molecule has 0 aliphatic carbocycles. The summed E-state index contributed by atoms with van der Waals surface area (Å²) < 4.78 is 1.16. The summed E-state index contributed by atoms with van der Waals surface area (Å²) in [6.45, 7) is 3.91. The molecule has 1 rings (SSSR count). The monoisotopic (exact) mass is 221 g/mol. The lowest BCUT2D eigenvalue weighted by atomic mass is 10.1. The van der Waals surface area contributed by atoms with Gasteiger partial charge in [-0.3, -0.25) is 9.36 Å². The average molecular weight is 221 g/mol. The highest BCUT2D eigenvalue weighted by atomic mass is 16.3. The van der Waals surface area contributed by atoms with Gasteiger partial charge < -0.3 is 10.8 Å². The number of pyridine rings is 1. The molecule has 0 aliphatic heterocycles. The summed E-state index contributed by atoms with van der Waals surface area (Å²) in [7, 11) is 0. The molecule has 0 spiro atoms. The van der Waals surface area contributed by atoms with Crippen LogP contribution in [0.1, 0.15) is 30.9 Å². The standard InChI is InChI=1S/C11H15N3O2/c1-3-4-5-14-10(15)8(6-12)7(2)9(13)11(14)16/h15H,3-5,13H2,1-2H3. The molecule has 0 aliphatic rings. The van der Waals surface area contributed by atoms with E-state index >= 15 is 0 Å². The average Bonchev–Trinajstić information content (AvgIpc) is 2.27. The second-order valence-electron chi connectivity index (χ2n) is 3.66. The molecular formula is C11H15N3O2. The molecule has 0 saturated heterocycles. The van der Waals surface area contributed by atoms with Gasteiger partial charge in [-0.2, -0.15) is 5.26 Å². The molecule has 5 heteroatoms. The number of nitrogens with zero attached hydrogens (tertiary/aromatic N) is 2. The lowest BCUT2D eigenvalue weighted by molar-refractivity contribution is 0.400. The fourth-order valence-corrected chi connectivity index (χ4v) is 1.50. The number of nitriles is 1. The Morgan fingerprint density at radius 1 is 1.56 bits per heavy atom. The van der Waals surface area contributed by atoms with Crippen molar-refractivity contribution in [2.24, 2.45) is 0 Å². The molecule has 1 heterocycles. The lowest BCUT2D eigenvalue weighted by Gasteiger charge is -2.12. The Bertz CT molecular complexity index is 497. The van der Waals surface area contributed by atoms with Gasteiger partial charge in [-0.05, 0) is 13.3 Å². The zero-order valence-corrected chi connectivity index (χ0v) is 9.45. The first-order chi connectivity index (χ1) is 7.54. The first-order valence-electron chi connectivity index (χ1n) is 5.16. The smallest absolute Gasteiger partial charge is 0.276 e. The Morgan fingerprint density at radius 2 is 2.19 bits per heavy atom. The highest BCUT2D eigenvalue weighted by molar-refractivity contribution is 5.56. The van der Waals surface area contributed by atoms with Gasteiger partial charge in [-0.15, -0.1) is 0 Å². The molecule has 86 valence electrons. The Kier molecular flexibility index (Phi) is 3.56. The SMILES string of the molecule is CCCCn1c(O)c(C#N)c(C)c(N)c1=O. The largest absolute Gasteiger partial charge is 0.493 e. The molecule has 0 amide bonds. The maximum Gasteiger partial charge on any atom is 0.276 e. The number of nitrogen functional groups attached to an aromatic ring is 1. The van der Waals surface area contributed by atoms with Crippen molar-refractivity contribution in [1.82, 2.24) is 4.57 Å². The van der Waals surface area contributed by atoms with Crippen LogP contribution in [-0.4, -0.2) is 9.67 Å². The van der Waals surface area contributed by atoms with Crippen molar-refractivity contribution >= 4 is 5.69 Å². The first kappa shape index (κ1) is 12.1. The molecule has 0 bridgehead atoms. The van der Waals surface area contributed by atoms with Crippen LogP contribution in [0.15, 0.2) is 4.79 Å². The molecule has 0 saturated carbocycles. The van der Waals surface area contributed by atoms with Gasteiger partial charge in [0.25, 0.3) is 5.56 Å². The lowest BCUT2D eigenvalue weighted by Crippen LogP contribution is -2.25. The van der Waals surface area contributed by atoms with Gasteiger partial charge in [0.2, 0.25) is 5.88 Å². The number of hydrogen-bond donors (Lipinski definition) is 2. The van der Waals surface area contributed by atoms with E-state index in [1.165, 1.54) is 0 Å². The third kappa shape index (κ3) is 1.87. The molecule has 0 radical (unpaired) electrons. The Hall–Kier alpha value is -1.96. The highest BCUT2D eigenvalue weighted by Gasteiger charge is 2.16. The molecule has 0 aromatic carbocycles. The van der Waals surface area contributed by atoms with Crippen molar-refractivity contribution in [3.8, 4) is 11.9 Å². The second kappa shape index (κ2) is 4.71. The van der Waals surface area contributed by atoms with E-state index in [9.17, 15) is 9.90 Å². The van der Waals surface area contributed by atoms with Crippen LogP contribution in [0.4, 0.5) is 5.69 Å². The zero-order valence-electron chi connectivity index (χ0n) is 9.45. The fraction of sp³-hybridized carbons (Fsp3) is 0.455. The number of aromatic hydroxyl groups is 1. The maximum absolute atomic E-state index is 11.8. The molecule has 16 heavy (non-hydrogen) atoms. The van der Waals surface area contributed by atoms with E-state index in [0.717, 1.165) is 17.4 Å². The fourth-order valence-electron chi connectivity index (χ4n) is 1.50. The summed E-state index contributed by atoms with van der Waals surface area (Å²) in [5, 5.41) is 18.7. The van der Waals surface area contributed by atoms with Crippen molar-refractivity contribution in [3.05, 3.63) is 21.5 Å². The predicted molar refractivity (Wildman–Crippen MR) is 61.1 cm³/mol. The zero-order chi connectivity index (χ0) is 12.3. The van der Waals surface area contributed by atoms with Gasteiger partial charge >= 0.3 is 0 Å². The Morgan fingerprint density at radius 3 is 2.69 bits per heavy atom. The van der Waals surface area contributed by atoms with E-state index in [1.807, 2.05) is 13.0 Å². The van der Waals surface area contributed by atoms with Crippen LogP contribution in [0.25, 0.3) is 0 Å². The quantitative estimate of drug-likeness (QED) is 0.799. The minimum absolute atomic E-state index is 0.0328. The summed E-state index contributed by atoms with van der Waals surface area (Å²) in [5.41, 5.74) is 5.63. The molecule has 0 fully saturated rings. The molecule has 5 nitrogen and oxygen atoms in total. The third-order valence-corrected chi connectivity index (χ3v) is 2.58. The van der Waals surface area contributed by atoms with Crippen molar-refractivity contribution in [2.75, 3.05) is 5.73 Å². The van der Waals surface area contributed by atoms with E-state index in [-0.39, 0.29) is 17.1 Å². The van der Waals surface area contributed by atoms with Gasteiger partial charge in [0.05, 0.1) is 0 Å². The van der Waals surface area contributed by atoms with E-state index in [2.05, 4.69) is 0 Å². The van der Waals surface area contributed by atoms with Crippen LogP contribution in [0.5, 0.6) is 5.88 Å². The number of rotatable bonds is 3. The normalized spacial score (nSPS) is 10.1. The Labute approximate surface area is 93.7 Å². The van der Waals surface area contributed by atoms with Crippen molar-refractivity contribution in [1.29, 1.82) is 5.26 Å². The molecule has 0 atom stereocenters. The van der Waals surface area contributed by atoms with Gasteiger partial charge in [-0.25, -0.2) is 0 Å². The van der Waals surface area contributed by atoms with Gasteiger partial charge in [0, 0.05) is 12.1 Å². The summed E-state index contributed by atoms with van der Waals surface area (Å²) in [4.78, 5) is 11.8. The molecule has 1 aromatic heterocycles. The van der Waals surface area contributed by atoms with Gasteiger partial charge in [0.15, 0.2) is 0 Å². The number of nitrogens with two attached hydrogens (primary N) is 1. The van der Waals surface area contributed by atoms with Crippen LogP contribution in [0.2, 0.25) is 0 Å². The summed E-state index contributed by atoms with van der Waals surface area (Å²) in [5.74, 6) is -0.285. The topological polar surface area (TPSA) is 92.0 Å². The number of unbranched alkanes of at least 4 members (excludes halogenated alkanes) is 1. The van der Waals surface area contributed by atoms with Crippen LogP contribution < -0.4 is 11.3 Å². The minimum Gasteiger partial charge on any atom is -0.493 e. The van der Waals surface area contributed by atoms with Crippen molar-refractivity contribution < 1.29 is 5.11 Å². The number of anilines is 1. The molecular weight excluding hydrogens is 206 g/mol. The van der Waals surface area contributed by atoms with Gasteiger partial charge in [0.1, 0.15) is 17.3 Å². The van der Waals surface area contributed by atoms with Crippen molar-refractivity contribution in [2.45, 2.75) is 33.2 Å². The summed E-state index contributed by atoms with van der Waals surface area (Å²) in [6.07, 6.45) is 1.64. The van der Waals surface area contributed by atoms with Crippen LogP contribution in [0.3, 0.4) is 0 Å². The second-order valence-corrected chi connectivity index (χ2v) is 3.66. The van der Waals surface area contributed by atoms with Crippen LogP contribution in [-0.2, 0) is 6.54 Å². The number of aromatic nitrogens is 1. The van der Waals surface area contributed by atoms with E-state index in [0.29, 0.717) is 12.1 Å². The Balaban J connectivity index is 3.45.